The van der Waals surface area contributed by atoms with Crippen LogP contribution in [-0.2, 0) is 10.4 Å². The van der Waals surface area contributed by atoms with Gasteiger partial charge in [0.25, 0.3) is 11.6 Å². The zero-order chi connectivity index (χ0) is 9.47. The Hall–Kier alpha value is -1.50. The van der Waals surface area contributed by atoms with Gasteiger partial charge in [0.05, 0.1) is 7.11 Å². The molecule has 13 heavy (non-hydrogen) atoms. The minimum absolute atomic E-state index is 0.00926. The van der Waals surface area contributed by atoms with E-state index in [1.54, 1.807) is 0 Å². The number of hydrogen-bond donors (Lipinski definition) is 0. The van der Waals surface area contributed by atoms with Crippen molar-refractivity contribution >= 4 is 10.4 Å². The highest BCUT2D eigenvalue weighted by molar-refractivity contribution is 7.82. The Morgan fingerprint density at radius 2 is 2.23 bits per heavy atom. The molecule has 2 rings (SSSR count). The van der Waals surface area contributed by atoms with Crippen molar-refractivity contribution < 1.29 is 21.5 Å². The van der Waals surface area contributed by atoms with E-state index in [1.807, 2.05) is 0 Å². The summed E-state index contributed by atoms with van der Waals surface area (Å²) in [5, 5.41) is 0. The molecule has 1 aliphatic rings. The maximum Gasteiger partial charge on any atom is 0.501 e. The molecule has 1 aromatic rings. The van der Waals surface area contributed by atoms with E-state index >= 15 is 0 Å². The molecule has 0 fully saturated rings. The topological polar surface area (TPSA) is 74.7 Å². The van der Waals surface area contributed by atoms with Gasteiger partial charge in [0.1, 0.15) is 0 Å². The number of pyridine rings is 1. The lowest BCUT2D eigenvalue weighted by molar-refractivity contribution is 0.377. The number of methoxy groups -OCH3 is 1. The molecule has 0 unspecified atom stereocenters. The zero-order valence-electron chi connectivity index (χ0n) is 6.55. The van der Waals surface area contributed by atoms with E-state index in [2.05, 4.69) is 13.4 Å². The van der Waals surface area contributed by atoms with Crippen molar-refractivity contribution in [2.24, 2.45) is 0 Å². The third-order valence-corrected chi connectivity index (χ3v) is 2.16. The van der Waals surface area contributed by atoms with Crippen molar-refractivity contribution in [3.8, 4) is 17.4 Å². The molecule has 0 atom stereocenters. The van der Waals surface area contributed by atoms with E-state index in [4.69, 9.17) is 4.74 Å². The number of fused-ring (bicyclic) bond motifs is 1. The largest absolute Gasteiger partial charge is 0.501 e. The molecule has 0 radical (unpaired) electrons. The third kappa shape index (κ3) is 1.26. The normalized spacial score (nSPS) is 17.0. The van der Waals surface area contributed by atoms with E-state index in [9.17, 15) is 8.42 Å². The fourth-order valence-corrected chi connectivity index (χ4v) is 1.67. The molecule has 0 spiro atoms. The molecular formula is C6H5NO5S. The van der Waals surface area contributed by atoms with E-state index in [1.165, 1.54) is 19.4 Å². The van der Waals surface area contributed by atoms with Gasteiger partial charge in [0, 0.05) is 12.3 Å². The second-order valence-corrected chi connectivity index (χ2v) is 3.37. The van der Waals surface area contributed by atoms with Crippen molar-refractivity contribution in [1.29, 1.82) is 0 Å². The predicted molar refractivity (Wildman–Crippen MR) is 41.0 cm³/mol. The summed E-state index contributed by atoms with van der Waals surface area (Å²) in [4.78, 5) is 3.74. The molecule has 0 saturated carbocycles. The lowest BCUT2D eigenvalue weighted by Crippen LogP contribution is -2.08. The van der Waals surface area contributed by atoms with E-state index < -0.39 is 10.4 Å². The molecule has 6 nitrogen and oxygen atoms in total. The monoisotopic (exact) mass is 203 g/mol. The standard InChI is InChI=1S/C6H5NO5S/c1-10-6-5-4(2-3-7-6)11-13(8,9)12-5/h2-3H,1H3. The SMILES string of the molecule is COc1nccc2c1OS(=O)(=O)O2. The van der Waals surface area contributed by atoms with Crippen LogP contribution < -0.4 is 13.1 Å². The number of aromatic nitrogens is 1. The Kier molecular flexibility index (Phi) is 1.56. The first-order valence-corrected chi connectivity index (χ1v) is 4.62. The molecule has 0 aromatic carbocycles. The van der Waals surface area contributed by atoms with Crippen LogP contribution in [0.3, 0.4) is 0 Å². The Morgan fingerprint density at radius 3 is 2.92 bits per heavy atom. The summed E-state index contributed by atoms with van der Waals surface area (Å²) in [5.74, 6) is 0.162. The summed E-state index contributed by atoms with van der Waals surface area (Å²) in [6.45, 7) is 0. The van der Waals surface area contributed by atoms with Crippen LogP contribution in [0.15, 0.2) is 12.3 Å². The van der Waals surface area contributed by atoms with Crippen LogP contribution in [0.4, 0.5) is 0 Å². The summed E-state index contributed by atoms with van der Waals surface area (Å²) in [5.41, 5.74) is 0. The second kappa shape index (κ2) is 2.49. The van der Waals surface area contributed by atoms with Crippen molar-refractivity contribution in [2.45, 2.75) is 0 Å². The zero-order valence-corrected chi connectivity index (χ0v) is 7.37. The van der Waals surface area contributed by atoms with E-state index in [0.29, 0.717) is 0 Å². The first-order chi connectivity index (χ1) is 6.12. The van der Waals surface area contributed by atoms with Gasteiger partial charge in [-0.2, -0.15) is 0 Å². The lowest BCUT2D eigenvalue weighted by Gasteiger charge is -1.98. The predicted octanol–water partition coefficient (Wildman–Crippen LogP) is 0.106. The number of ether oxygens (including phenoxy) is 1. The highest BCUT2D eigenvalue weighted by atomic mass is 32.3. The maximum atomic E-state index is 10.8. The summed E-state index contributed by atoms with van der Waals surface area (Å²) >= 11 is 0. The average Bonchev–Trinajstić information content (AvgIpc) is 2.37. The summed E-state index contributed by atoms with van der Waals surface area (Å²) in [7, 11) is -2.60. The van der Waals surface area contributed by atoms with E-state index in [0.717, 1.165) is 0 Å². The molecule has 7 heteroatoms. The van der Waals surface area contributed by atoms with Crippen LogP contribution in [0.25, 0.3) is 0 Å². The quantitative estimate of drug-likeness (QED) is 0.644. The van der Waals surface area contributed by atoms with Gasteiger partial charge < -0.3 is 13.1 Å². The van der Waals surface area contributed by atoms with Crippen LogP contribution >= 0.6 is 0 Å². The summed E-state index contributed by atoms with van der Waals surface area (Å²) in [6.07, 6.45) is 1.36. The van der Waals surface area contributed by atoms with Gasteiger partial charge in [0.2, 0.25) is 0 Å². The summed E-state index contributed by atoms with van der Waals surface area (Å²) < 4.78 is 35.4. The van der Waals surface area contributed by atoms with Gasteiger partial charge in [-0.05, 0) is 0 Å². The molecule has 70 valence electrons. The number of rotatable bonds is 1. The number of hydrogen-bond acceptors (Lipinski definition) is 6. The smallest absolute Gasteiger partial charge is 0.478 e. The first-order valence-electron chi connectivity index (χ1n) is 3.29. The van der Waals surface area contributed by atoms with Gasteiger partial charge in [-0.3, -0.25) is 0 Å². The van der Waals surface area contributed by atoms with Gasteiger partial charge in [-0.25, -0.2) is 4.98 Å². The Labute approximate surface area is 74.4 Å². The van der Waals surface area contributed by atoms with Crippen molar-refractivity contribution in [3.63, 3.8) is 0 Å². The second-order valence-electron chi connectivity index (χ2n) is 2.22. The molecule has 0 aliphatic carbocycles. The molecule has 1 aliphatic heterocycles. The van der Waals surface area contributed by atoms with Crippen molar-refractivity contribution in [2.75, 3.05) is 7.11 Å². The Morgan fingerprint density at radius 1 is 1.46 bits per heavy atom. The van der Waals surface area contributed by atoms with Crippen LogP contribution in [0.1, 0.15) is 0 Å². The first kappa shape index (κ1) is 8.11. The molecule has 0 N–H and O–H groups in total. The Bertz CT molecular complexity index is 440. The van der Waals surface area contributed by atoms with Crippen molar-refractivity contribution in [1.82, 2.24) is 4.98 Å². The minimum atomic E-state index is -3.96. The highest BCUT2D eigenvalue weighted by Gasteiger charge is 2.32. The van der Waals surface area contributed by atoms with Gasteiger partial charge in [-0.1, -0.05) is 0 Å². The fourth-order valence-electron chi connectivity index (χ4n) is 0.929. The lowest BCUT2D eigenvalue weighted by atomic mass is 10.4. The van der Waals surface area contributed by atoms with Crippen LogP contribution in [0, 0.1) is 0 Å². The summed E-state index contributed by atoms with van der Waals surface area (Å²) in [6, 6.07) is 1.38. The third-order valence-electron chi connectivity index (χ3n) is 1.41. The van der Waals surface area contributed by atoms with Crippen LogP contribution in [-0.4, -0.2) is 20.5 Å². The Balaban J connectivity index is 2.57. The van der Waals surface area contributed by atoms with Crippen LogP contribution in [0.2, 0.25) is 0 Å². The average molecular weight is 203 g/mol. The van der Waals surface area contributed by atoms with Crippen molar-refractivity contribution in [3.05, 3.63) is 12.3 Å². The molecular weight excluding hydrogens is 198 g/mol. The van der Waals surface area contributed by atoms with Gasteiger partial charge in [0.15, 0.2) is 5.75 Å². The molecule has 2 heterocycles. The van der Waals surface area contributed by atoms with Gasteiger partial charge in [-0.15, -0.1) is 8.42 Å². The molecule has 1 aromatic heterocycles. The highest BCUT2D eigenvalue weighted by Crippen LogP contribution is 2.41. The number of nitrogens with zero attached hydrogens (tertiary/aromatic N) is 1. The molecule has 0 saturated heterocycles. The van der Waals surface area contributed by atoms with Gasteiger partial charge >= 0.3 is 10.4 Å². The van der Waals surface area contributed by atoms with E-state index in [-0.39, 0.29) is 17.4 Å². The maximum absolute atomic E-state index is 10.8. The molecule has 0 amide bonds. The minimum Gasteiger partial charge on any atom is -0.478 e. The molecule has 0 bridgehead atoms. The van der Waals surface area contributed by atoms with Crippen LogP contribution in [0.5, 0.6) is 17.4 Å². The fraction of sp³-hybridized carbons (Fsp3) is 0.167.